The third kappa shape index (κ3) is 4.14. The van der Waals surface area contributed by atoms with Crippen molar-refractivity contribution in [2.45, 2.75) is 13.0 Å². The van der Waals surface area contributed by atoms with Crippen LogP contribution in [0.3, 0.4) is 0 Å². The normalized spacial score (nSPS) is 10.7. The van der Waals surface area contributed by atoms with E-state index in [9.17, 15) is 9.59 Å². The Morgan fingerprint density at radius 1 is 1.13 bits per heavy atom. The van der Waals surface area contributed by atoms with E-state index >= 15 is 0 Å². The molecule has 0 unspecified atom stereocenters. The molecule has 9 nitrogen and oxygen atoms in total. The van der Waals surface area contributed by atoms with Crippen molar-refractivity contribution >= 4 is 28.5 Å². The minimum Gasteiger partial charge on any atom is -0.495 e. The van der Waals surface area contributed by atoms with Gasteiger partial charge in [0.05, 0.1) is 24.8 Å². The fourth-order valence-electron chi connectivity index (χ4n) is 2.95. The zero-order chi connectivity index (χ0) is 20.9. The fourth-order valence-corrected chi connectivity index (χ4v) is 2.95. The number of ether oxygens (including phenoxy) is 2. The van der Waals surface area contributed by atoms with Crippen molar-refractivity contribution in [3.8, 4) is 5.75 Å². The summed E-state index contributed by atoms with van der Waals surface area (Å²) in [6, 6.07) is 14.5. The lowest BCUT2D eigenvalue weighted by molar-refractivity contribution is -0.115. The van der Waals surface area contributed by atoms with Gasteiger partial charge in [0.25, 0.3) is 5.89 Å². The molecule has 0 spiro atoms. The first kappa shape index (κ1) is 19.2. The Morgan fingerprint density at radius 2 is 1.93 bits per heavy atom. The number of rotatable bonds is 7. The number of carbonyl (C=O) groups excluding carboxylic acids is 2. The number of anilines is 1. The molecule has 0 radical (unpaired) electrons. The fraction of sp³-hybridized carbons (Fsp3) is 0.143. The molecule has 0 aliphatic heterocycles. The molecular formula is C21H18N4O5. The van der Waals surface area contributed by atoms with Gasteiger partial charge in [0.2, 0.25) is 5.91 Å². The van der Waals surface area contributed by atoms with E-state index in [0.717, 1.165) is 10.9 Å². The van der Waals surface area contributed by atoms with Gasteiger partial charge in [-0.15, -0.1) is 0 Å². The number of fused-ring (bicyclic) bond motifs is 1. The van der Waals surface area contributed by atoms with E-state index in [2.05, 4.69) is 20.4 Å². The van der Waals surface area contributed by atoms with Crippen molar-refractivity contribution < 1.29 is 23.6 Å². The molecule has 9 heteroatoms. The second-order valence-corrected chi connectivity index (χ2v) is 6.35. The number of esters is 1. The third-order valence-electron chi connectivity index (χ3n) is 4.35. The number of hydrogen-bond donors (Lipinski definition) is 2. The molecule has 0 fully saturated rings. The molecule has 0 aliphatic rings. The minimum absolute atomic E-state index is 0.0993. The van der Waals surface area contributed by atoms with E-state index in [1.807, 2.05) is 24.3 Å². The van der Waals surface area contributed by atoms with Crippen LogP contribution in [0.1, 0.15) is 22.1 Å². The number of H-pyrrole nitrogens is 1. The van der Waals surface area contributed by atoms with Crippen LogP contribution in [0.5, 0.6) is 5.75 Å². The lowest BCUT2D eigenvalue weighted by atomic mass is 10.2. The Balaban J connectivity index is 1.34. The number of carbonyl (C=O) groups is 2. The zero-order valence-corrected chi connectivity index (χ0v) is 16.0. The Bertz CT molecular complexity index is 1200. The third-order valence-corrected chi connectivity index (χ3v) is 4.35. The summed E-state index contributed by atoms with van der Waals surface area (Å²) in [6.07, 6.45) is 1.49. The number of hydrogen-bond acceptors (Lipinski definition) is 7. The minimum atomic E-state index is -0.513. The highest BCUT2D eigenvalue weighted by atomic mass is 16.6. The largest absolute Gasteiger partial charge is 0.495 e. The second kappa shape index (κ2) is 8.48. The van der Waals surface area contributed by atoms with Crippen LogP contribution in [-0.2, 0) is 22.6 Å². The monoisotopic (exact) mass is 406 g/mol. The number of aromatic nitrogens is 3. The van der Waals surface area contributed by atoms with Crippen LogP contribution in [0.15, 0.2) is 59.3 Å². The van der Waals surface area contributed by atoms with Gasteiger partial charge in [0, 0.05) is 17.1 Å². The topological polar surface area (TPSA) is 119 Å². The van der Waals surface area contributed by atoms with Gasteiger partial charge in [-0.05, 0) is 18.2 Å². The smallest absolute Gasteiger partial charge is 0.340 e. The molecule has 0 aliphatic carbocycles. The summed E-state index contributed by atoms with van der Waals surface area (Å²) in [6.45, 7) is -0.195. The second-order valence-electron chi connectivity index (χ2n) is 6.35. The Hall–Kier alpha value is -4.14. The summed E-state index contributed by atoms with van der Waals surface area (Å²) in [5.74, 6) is -0.0172. The van der Waals surface area contributed by atoms with Crippen LogP contribution in [0.4, 0.5) is 5.69 Å². The highest BCUT2D eigenvalue weighted by Gasteiger charge is 2.16. The van der Waals surface area contributed by atoms with E-state index in [-0.39, 0.29) is 30.7 Å². The van der Waals surface area contributed by atoms with Crippen LogP contribution in [-0.4, -0.2) is 34.1 Å². The average molecular weight is 406 g/mol. The van der Waals surface area contributed by atoms with Crippen LogP contribution >= 0.6 is 0 Å². The lowest BCUT2D eigenvalue weighted by Gasteiger charge is -2.08. The van der Waals surface area contributed by atoms with Crippen LogP contribution in [0, 0.1) is 0 Å². The van der Waals surface area contributed by atoms with E-state index in [1.54, 1.807) is 30.5 Å². The van der Waals surface area contributed by atoms with E-state index in [4.69, 9.17) is 14.0 Å². The highest BCUT2D eigenvalue weighted by molar-refractivity contribution is 6.04. The zero-order valence-electron chi connectivity index (χ0n) is 16.0. The Morgan fingerprint density at radius 3 is 2.80 bits per heavy atom. The molecule has 2 aromatic heterocycles. The molecule has 0 saturated carbocycles. The average Bonchev–Trinajstić information content (AvgIpc) is 3.39. The predicted octanol–water partition coefficient (Wildman–Crippen LogP) is 3.10. The molecule has 4 aromatic rings. The van der Waals surface area contributed by atoms with E-state index in [0.29, 0.717) is 17.0 Å². The Kier molecular flexibility index (Phi) is 5.42. The summed E-state index contributed by atoms with van der Waals surface area (Å²) < 4.78 is 15.5. The molecule has 30 heavy (non-hydrogen) atoms. The van der Waals surface area contributed by atoms with Crippen LogP contribution in [0.25, 0.3) is 10.9 Å². The van der Waals surface area contributed by atoms with E-state index < -0.39 is 5.97 Å². The number of benzene rings is 2. The maximum Gasteiger partial charge on any atom is 0.340 e. The standard InChI is InChI=1S/C21H18N4O5/c1-28-17-9-5-4-8-16(17)23-19(26)10-18-24-20(30-25-18)12-29-21(27)14-11-22-15-7-3-2-6-13(14)15/h2-9,11,22H,10,12H2,1H3,(H,23,26). The van der Waals surface area contributed by atoms with Crippen LogP contribution in [0.2, 0.25) is 0 Å². The quantitative estimate of drug-likeness (QED) is 0.453. The number of methoxy groups -OCH3 is 1. The maximum absolute atomic E-state index is 12.3. The van der Waals surface area contributed by atoms with Gasteiger partial charge in [0.1, 0.15) is 5.75 Å². The summed E-state index contributed by atoms with van der Waals surface area (Å²) in [7, 11) is 1.52. The van der Waals surface area contributed by atoms with Crippen molar-refractivity contribution in [1.82, 2.24) is 15.1 Å². The summed E-state index contributed by atoms with van der Waals surface area (Å²) in [5, 5.41) is 7.25. The number of amides is 1. The molecule has 0 saturated heterocycles. The van der Waals surface area contributed by atoms with Crippen molar-refractivity contribution in [1.29, 1.82) is 0 Å². The maximum atomic E-state index is 12.3. The molecule has 0 bridgehead atoms. The molecule has 2 N–H and O–H groups in total. The molecule has 2 heterocycles. The highest BCUT2D eigenvalue weighted by Crippen LogP contribution is 2.23. The van der Waals surface area contributed by atoms with Gasteiger partial charge in [-0.25, -0.2) is 4.79 Å². The molecule has 1 amide bonds. The molecular weight excluding hydrogens is 388 g/mol. The Labute approximate surface area is 171 Å². The SMILES string of the molecule is COc1ccccc1NC(=O)Cc1noc(COC(=O)c2c[nH]c3ccccc23)n1. The molecule has 0 atom stereocenters. The molecule has 4 rings (SSSR count). The lowest BCUT2D eigenvalue weighted by Crippen LogP contribution is -2.15. The molecule has 2 aromatic carbocycles. The molecule has 152 valence electrons. The summed E-state index contributed by atoms with van der Waals surface area (Å²) in [4.78, 5) is 31.7. The van der Waals surface area contributed by atoms with Gasteiger partial charge < -0.3 is 24.3 Å². The van der Waals surface area contributed by atoms with Gasteiger partial charge in [-0.3, -0.25) is 4.79 Å². The number of nitrogens with zero attached hydrogens (tertiary/aromatic N) is 2. The number of para-hydroxylation sites is 3. The van der Waals surface area contributed by atoms with Gasteiger partial charge in [-0.2, -0.15) is 4.98 Å². The predicted molar refractivity (Wildman–Crippen MR) is 107 cm³/mol. The summed E-state index contributed by atoms with van der Waals surface area (Å²) in [5.41, 5.74) is 1.80. The van der Waals surface area contributed by atoms with Crippen molar-refractivity contribution in [2.75, 3.05) is 12.4 Å². The van der Waals surface area contributed by atoms with Crippen molar-refractivity contribution in [3.63, 3.8) is 0 Å². The first-order valence-corrected chi connectivity index (χ1v) is 9.11. The first-order chi connectivity index (χ1) is 14.6. The van der Waals surface area contributed by atoms with Crippen molar-refractivity contribution in [2.24, 2.45) is 0 Å². The van der Waals surface area contributed by atoms with Crippen LogP contribution < -0.4 is 10.1 Å². The summed E-state index contributed by atoms with van der Waals surface area (Å²) >= 11 is 0. The number of nitrogens with one attached hydrogen (secondary N) is 2. The van der Waals surface area contributed by atoms with Crippen molar-refractivity contribution in [3.05, 3.63) is 72.0 Å². The van der Waals surface area contributed by atoms with Gasteiger partial charge in [-0.1, -0.05) is 35.5 Å². The van der Waals surface area contributed by atoms with Gasteiger partial charge in [0.15, 0.2) is 12.4 Å². The number of aromatic amines is 1. The van der Waals surface area contributed by atoms with Gasteiger partial charge >= 0.3 is 5.97 Å². The van der Waals surface area contributed by atoms with E-state index in [1.165, 1.54) is 7.11 Å². The first-order valence-electron chi connectivity index (χ1n) is 9.11.